The molecule has 0 fully saturated rings. The van der Waals surface area contributed by atoms with E-state index in [2.05, 4.69) is 0 Å². The number of phosphoric acid groups is 1. The van der Waals surface area contributed by atoms with Gasteiger partial charge in [0.25, 0.3) is 0 Å². The average Bonchev–Trinajstić information content (AvgIpc) is 1.27. The Morgan fingerprint density at radius 1 is 1.30 bits per heavy atom. The van der Waals surface area contributed by atoms with Gasteiger partial charge in [0.05, 0.1) is 6.07 Å². The van der Waals surface area contributed by atoms with Crippen molar-refractivity contribution in [1.82, 2.24) is 12.3 Å². The van der Waals surface area contributed by atoms with Gasteiger partial charge in [0.15, 0.2) is 0 Å². The van der Waals surface area contributed by atoms with Crippen LogP contribution in [0.1, 0.15) is 6.92 Å². The summed E-state index contributed by atoms with van der Waals surface area (Å²) in [6.45, 7) is 1.43. The van der Waals surface area contributed by atoms with Crippen LogP contribution in [-0.2, 0) is 4.57 Å². The average molecular weight is 173 g/mol. The largest absolute Gasteiger partial charge is 0.466 e. The van der Waals surface area contributed by atoms with E-state index in [1.807, 2.05) is 0 Å². The highest BCUT2D eigenvalue weighted by Gasteiger charge is 2.00. The second-order valence-corrected chi connectivity index (χ2v) is 1.76. The monoisotopic (exact) mass is 173 g/mol. The Labute approximate surface area is 58.7 Å². The van der Waals surface area contributed by atoms with Gasteiger partial charge in [0, 0.05) is 6.92 Å². The number of nitriles is 1. The molecule has 0 aromatic heterocycles. The van der Waals surface area contributed by atoms with Gasteiger partial charge >= 0.3 is 7.82 Å². The van der Waals surface area contributed by atoms with Crippen LogP contribution >= 0.6 is 7.82 Å². The molecule has 0 aromatic rings. The summed E-state index contributed by atoms with van der Waals surface area (Å²) in [5.41, 5.74) is 0. The van der Waals surface area contributed by atoms with Gasteiger partial charge < -0.3 is 27.0 Å². The Kier molecular flexibility index (Phi) is 25.7. The third kappa shape index (κ3) is 1390. The van der Waals surface area contributed by atoms with E-state index in [4.69, 9.17) is 24.5 Å². The maximum Gasteiger partial charge on any atom is 0.466 e. The van der Waals surface area contributed by atoms with Gasteiger partial charge in [0.1, 0.15) is 0 Å². The van der Waals surface area contributed by atoms with Crippen molar-refractivity contribution in [2.24, 2.45) is 0 Å². The number of rotatable bonds is 0. The Hall–Kier alpha value is -0.480. The van der Waals surface area contributed by atoms with Gasteiger partial charge in [-0.25, -0.2) is 4.57 Å². The van der Waals surface area contributed by atoms with Crippen LogP contribution in [0.5, 0.6) is 0 Å². The lowest BCUT2D eigenvalue weighted by molar-refractivity contribution is 0.275. The van der Waals surface area contributed by atoms with E-state index in [1.165, 1.54) is 6.92 Å². The van der Waals surface area contributed by atoms with Gasteiger partial charge in [-0.3, -0.25) is 0 Å². The van der Waals surface area contributed by atoms with Crippen LogP contribution in [0.25, 0.3) is 0 Å². The fourth-order valence-electron chi connectivity index (χ4n) is 0. The first-order valence-electron chi connectivity index (χ1n) is 1.51. The van der Waals surface area contributed by atoms with E-state index < -0.39 is 7.82 Å². The smallest absolute Gasteiger partial charge is 0.344 e. The van der Waals surface area contributed by atoms with Crippen molar-refractivity contribution in [3.63, 3.8) is 0 Å². The first kappa shape index (κ1) is 22.7. The molecular formula is C2H12N3O4P. The van der Waals surface area contributed by atoms with Crippen LogP contribution in [0, 0.1) is 11.3 Å². The Bertz CT molecular complexity index is 117. The van der Waals surface area contributed by atoms with Crippen molar-refractivity contribution in [3.05, 3.63) is 0 Å². The van der Waals surface area contributed by atoms with Gasteiger partial charge in [-0.05, 0) is 0 Å². The molecule has 9 N–H and O–H groups in total. The molecule has 8 heteroatoms. The number of nitrogens with zero attached hydrogens (tertiary/aromatic N) is 1. The maximum atomic E-state index is 8.88. The van der Waals surface area contributed by atoms with Gasteiger partial charge in [-0.2, -0.15) is 5.26 Å². The van der Waals surface area contributed by atoms with Gasteiger partial charge in [-0.1, -0.05) is 0 Å². The summed E-state index contributed by atoms with van der Waals surface area (Å²) in [5.74, 6) is 0. The molecule has 0 rings (SSSR count). The lowest BCUT2D eigenvalue weighted by atomic mass is 11.0. The lowest BCUT2D eigenvalue weighted by Gasteiger charge is -1.82. The minimum Gasteiger partial charge on any atom is -0.344 e. The van der Waals surface area contributed by atoms with Crippen molar-refractivity contribution in [2.75, 3.05) is 0 Å². The third-order valence-corrected chi connectivity index (χ3v) is 0. The minimum atomic E-state index is -4.64. The SMILES string of the molecule is CC#N.N.N.O=P(O)(O)O. The van der Waals surface area contributed by atoms with Gasteiger partial charge in [0.2, 0.25) is 0 Å². The molecule has 10 heavy (non-hydrogen) atoms. The molecule has 0 aliphatic rings. The summed E-state index contributed by atoms with van der Waals surface area (Å²) >= 11 is 0. The minimum absolute atomic E-state index is 0. The maximum absolute atomic E-state index is 8.88. The molecule has 0 saturated carbocycles. The van der Waals surface area contributed by atoms with E-state index in [9.17, 15) is 0 Å². The zero-order valence-electron chi connectivity index (χ0n) is 5.56. The summed E-state index contributed by atoms with van der Waals surface area (Å²) in [6.07, 6.45) is 0. The topological polar surface area (TPSA) is 172 Å². The zero-order chi connectivity index (χ0) is 7.21. The van der Waals surface area contributed by atoms with Crippen molar-refractivity contribution in [1.29, 1.82) is 5.26 Å². The van der Waals surface area contributed by atoms with Crippen LogP contribution in [0.2, 0.25) is 0 Å². The van der Waals surface area contributed by atoms with Crippen molar-refractivity contribution in [3.8, 4) is 6.07 Å². The molecule has 0 aliphatic carbocycles. The molecule has 0 atom stereocenters. The zero-order valence-corrected chi connectivity index (χ0v) is 6.45. The molecule has 0 spiro atoms. The van der Waals surface area contributed by atoms with E-state index in [-0.39, 0.29) is 12.3 Å². The fourth-order valence-corrected chi connectivity index (χ4v) is 0. The van der Waals surface area contributed by atoms with E-state index >= 15 is 0 Å². The van der Waals surface area contributed by atoms with Crippen LogP contribution in [-0.4, -0.2) is 14.7 Å². The second-order valence-electron chi connectivity index (χ2n) is 0.737. The summed E-state index contributed by atoms with van der Waals surface area (Å²) in [7, 11) is -4.64. The normalized spacial score (nSPS) is 6.70. The Morgan fingerprint density at radius 3 is 1.30 bits per heavy atom. The molecular weight excluding hydrogens is 161 g/mol. The van der Waals surface area contributed by atoms with Crippen molar-refractivity contribution < 1.29 is 19.2 Å². The van der Waals surface area contributed by atoms with Gasteiger partial charge in [-0.15, -0.1) is 0 Å². The Balaban J connectivity index is -0.0000000326. The number of hydrogen-bond donors (Lipinski definition) is 5. The second kappa shape index (κ2) is 11.3. The summed E-state index contributed by atoms with van der Waals surface area (Å²) < 4.78 is 8.88. The van der Waals surface area contributed by atoms with Crippen molar-refractivity contribution in [2.45, 2.75) is 6.92 Å². The molecule has 0 bridgehead atoms. The van der Waals surface area contributed by atoms with Crippen LogP contribution in [0.15, 0.2) is 0 Å². The molecule has 0 radical (unpaired) electrons. The highest BCUT2D eigenvalue weighted by Crippen LogP contribution is 2.25. The lowest BCUT2D eigenvalue weighted by Crippen LogP contribution is -1.66. The molecule has 7 nitrogen and oxygen atoms in total. The van der Waals surface area contributed by atoms with Crippen molar-refractivity contribution >= 4 is 7.82 Å². The molecule has 0 aliphatic heterocycles. The summed E-state index contributed by atoms with van der Waals surface area (Å²) in [5, 5.41) is 7.32. The summed E-state index contributed by atoms with van der Waals surface area (Å²) in [4.78, 5) is 21.6. The molecule has 64 valence electrons. The van der Waals surface area contributed by atoms with E-state index in [0.29, 0.717) is 0 Å². The first-order chi connectivity index (χ1) is 3.41. The fraction of sp³-hybridized carbons (Fsp3) is 0.500. The first-order valence-corrected chi connectivity index (χ1v) is 3.07. The Morgan fingerprint density at radius 2 is 1.30 bits per heavy atom. The third-order valence-electron chi connectivity index (χ3n) is 0. The predicted molar refractivity (Wildman–Crippen MR) is 35.6 cm³/mol. The predicted octanol–water partition coefficient (Wildman–Crippen LogP) is -0.0747. The summed E-state index contributed by atoms with van der Waals surface area (Å²) in [6, 6.07) is 1.75. The highest BCUT2D eigenvalue weighted by atomic mass is 31.2. The molecule has 0 saturated heterocycles. The number of hydrogen-bond acceptors (Lipinski definition) is 4. The van der Waals surface area contributed by atoms with E-state index in [0.717, 1.165) is 0 Å². The molecule has 0 heterocycles. The molecule has 0 amide bonds. The quantitative estimate of drug-likeness (QED) is 0.318. The standard InChI is InChI=1S/C2H3N.2H3N.H3O4P/c1-2-3;;;1-5(2,3)4/h1H3;2*1H3;(H3,1,2,3,4). The van der Waals surface area contributed by atoms with Crippen LogP contribution in [0.3, 0.4) is 0 Å². The van der Waals surface area contributed by atoms with E-state index in [1.54, 1.807) is 6.07 Å². The molecule has 0 unspecified atom stereocenters. The van der Waals surface area contributed by atoms with Crippen LogP contribution in [0.4, 0.5) is 0 Å². The molecule has 0 aromatic carbocycles. The highest BCUT2D eigenvalue weighted by molar-refractivity contribution is 7.45. The van der Waals surface area contributed by atoms with Crippen LogP contribution < -0.4 is 12.3 Å².